The third-order valence-electron chi connectivity index (χ3n) is 4.85. The number of nitrogens with one attached hydrogen (secondary N) is 1. The molecule has 1 aliphatic rings. The number of sulfonamides is 1. The van der Waals surface area contributed by atoms with Crippen LogP contribution in [-0.2, 0) is 25.7 Å². The van der Waals surface area contributed by atoms with Crippen molar-refractivity contribution < 1.29 is 35.9 Å². The molecule has 2 amide bonds. The number of benzene rings is 1. The summed E-state index contributed by atoms with van der Waals surface area (Å²) >= 11 is 0. The van der Waals surface area contributed by atoms with Crippen molar-refractivity contribution in [2.45, 2.75) is 37.4 Å². The van der Waals surface area contributed by atoms with E-state index in [0.717, 1.165) is 28.6 Å². The van der Waals surface area contributed by atoms with Crippen LogP contribution >= 0.6 is 0 Å². The molecule has 2 rings (SSSR count). The number of ether oxygens (including phenoxy) is 1. The van der Waals surface area contributed by atoms with Crippen molar-refractivity contribution in [3.8, 4) is 0 Å². The Labute approximate surface area is 179 Å². The summed E-state index contributed by atoms with van der Waals surface area (Å²) < 4.78 is 69.3. The van der Waals surface area contributed by atoms with Gasteiger partial charge in [0.05, 0.1) is 17.6 Å². The van der Waals surface area contributed by atoms with Crippen molar-refractivity contribution >= 4 is 22.0 Å². The zero-order valence-electron chi connectivity index (χ0n) is 17.5. The lowest BCUT2D eigenvalue weighted by molar-refractivity contribution is -0.137. The highest BCUT2D eigenvalue weighted by atomic mass is 32.2. The summed E-state index contributed by atoms with van der Waals surface area (Å²) in [5.41, 5.74) is -0.934. The Morgan fingerprint density at radius 2 is 1.65 bits per heavy atom. The van der Waals surface area contributed by atoms with E-state index in [4.69, 9.17) is 0 Å². The molecular weight excluding hydrogens is 439 g/mol. The summed E-state index contributed by atoms with van der Waals surface area (Å²) in [4.78, 5) is 25.6. The highest BCUT2D eigenvalue weighted by molar-refractivity contribution is 7.89. The average molecular weight is 465 g/mol. The van der Waals surface area contributed by atoms with Crippen LogP contribution in [0.5, 0.6) is 0 Å². The fourth-order valence-electron chi connectivity index (χ4n) is 3.23. The summed E-state index contributed by atoms with van der Waals surface area (Å²) in [6.45, 7) is 3.96. The number of alkyl carbamates (subject to hydrolysis) is 1. The van der Waals surface area contributed by atoms with E-state index >= 15 is 0 Å². The van der Waals surface area contributed by atoms with Crippen LogP contribution in [0.15, 0.2) is 29.2 Å². The summed E-state index contributed by atoms with van der Waals surface area (Å²) in [5.74, 6) is -0.224. The molecule has 1 aliphatic heterocycles. The van der Waals surface area contributed by atoms with Crippen LogP contribution in [0, 0.1) is 5.92 Å². The minimum Gasteiger partial charge on any atom is -0.453 e. The van der Waals surface area contributed by atoms with Gasteiger partial charge in [0.2, 0.25) is 15.9 Å². The second-order valence-electron chi connectivity index (χ2n) is 7.57. The molecule has 1 aromatic carbocycles. The Balaban J connectivity index is 2.06. The molecule has 8 nitrogen and oxygen atoms in total. The maximum atomic E-state index is 12.8. The molecule has 0 bridgehead atoms. The highest BCUT2D eigenvalue weighted by Gasteiger charge is 2.35. The van der Waals surface area contributed by atoms with Crippen LogP contribution in [0.1, 0.15) is 25.8 Å². The minimum atomic E-state index is -4.56. The Bertz CT molecular complexity index is 880. The molecule has 1 unspecified atom stereocenters. The largest absolute Gasteiger partial charge is 0.453 e. The van der Waals surface area contributed by atoms with Gasteiger partial charge in [0, 0.05) is 26.2 Å². The molecule has 0 aliphatic carbocycles. The lowest BCUT2D eigenvalue weighted by Crippen LogP contribution is -2.56. The van der Waals surface area contributed by atoms with Gasteiger partial charge in [-0.15, -0.1) is 0 Å². The average Bonchev–Trinajstić information content (AvgIpc) is 2.71. The number of hydrogen-bond donors (Lipinski definition) is 1. The monoisotopic (exact) mass is 465 g/mol. The van der Waals surface area contributed by atoms with Crippen molar-refractivity contribution in [1.29, 1.82) is 0 Å². The summed E-state index contributed by atoms with van der Waals surface area (Å²) in [5, 5.41) is 2.50. The van der Waals surface area contributed by atoms with Gasteiger partial charge in [-0.1, -0.05) is 13.8 Å². The molecule has 1 aromatic rings. The third-order valence-corrected chi connectivity index (χ3v) is 6.77. The van der Waals surface area contributed by atoms with Crippen molar-refractivity contribution in [2.24, 2.45) is 5.92 Å². The van der Waals surface area contributed by atoms with Crippen LogP contribution in [0.3, 0.4) is 0 Å². The molecular formula is C19H26F3N3O5S. The van der Waals surface area contributed by atoms with E-state index in [0.29, 0.717) is 6.42 Å². The fraction of sp³-hybridized carbons (Fsp3) is 0.579. The molecule has 1 atom stereocenters. The number of nitrogens with zero attached hydrogens (tertiary/aromatic N) is 2. The van der Waals surface area contributed by atoms with E-state index < -0.39 is 33.9 Å². The predicted molar refractivity (Wildman–Crippen MR) is 106 cm³/mol. The van der Waals surface area contributed by atoms with E-state index in [-0.39, 0.29) is 42.9 Å². The van der Waals surface area contributed by atoms with Crippen molar-refractivity contribution in [1.82, 2.24) is 14.5 Å². The normalized spacial score (nSPS) is 16.8. The summed E-state index contributed by atoms with van der Waals surface area (Å²) in [6.07, 6.45) is -4.90. The SMILES string of the molecule is COC(=O)NC(CC(C)C)C(=O)N1CCN(S(=O)(=O)c2ccc(C(F)(F)F)cc2)CC1. The molecule has 1 heterocycles. The van der Waals surface area contributed by atoms with Gasteiger partial charge in [0.25, 0.3) is 0 Å². The van der Waals surface area contributed by atoms with Gasteiger partial charge in [-0.05, 0) is 36.6 Å². The molecule has 1 N–H and O–H groups in total. The molecule has 1 saturated heterocycles. The first-order chi connectivity index (χ1) is 14.4. The number of amides is 2. The zero-order chi connectivity index (χ0) is 23.4. The number of carbonyl (C=O) groups is 2. The van der Waals surface area contributed by atoms with Crippen LogP contribution in [0.25, 0.3) is 0 Å². The molecule has 12 heteroatoms. The lowest BCUT2D eigenvalue weighted by Gasteiger charge is -2.36. The lowest BCUT2D eigenvalue weighted by atomic mass is 10.0. The second kappa shape index (κ2) is 9.86. The molecule has 0 aromatic heterocycles. The third kappa shape index (κ3) is 6.33. The topological polar surface area (TPSA) is 96.0 Å². The maximum Gasteiger partial charge on any atom is 0.416 e. The van der Waals surface area contributed by atoms with Crippen molar-refractivity contribution in [3.05, 3.63) is 29.8 Å². The summed E-state index contributed by atoms with van der Waals surface area (Å²) in [7, 11) is -2.81. The van der Waals surface area contributed by atoms with Gasteiger partial charge in [0.1, 0.15) is 6.04 Å². The number of rotatable bonds is 6. The molecule has 31 heavy (non-hydrogen) atoms. The number of halogens is 3. The van der Waals surface area contributed by atoms with E-state index in [1.165, 1.54) is 12.0 Å². The quantitative estimate of drug-likeness (QED) is 0.696. The van der Waals surface area contributed by atoms with Crippen LogP contribution in [0.2, 0.25) is 0 Å². The van der Waals surface area contributed by atoms with E-state index in [1.807, 2.05) is 13.8 Å². The molecule has 1 fully saturated rings. The number of hydrogen-bond acceptors (Lipinski definition) is 5. The Morgan fingerprint density at radius 3 is 2.10 bits per heavy atom. The number of carbonyl (C=O) groups excluding carboxylic acids is 2. The maximum absolute atomic E-state index is 12.8. The minimum absolute atomic E-state index is 0.0122. The predicted octanol–water partition coefficient (Wildman–Crippen LogP) is 2.31. The first-order valence-electron chi connectivity index (χ1n) is 9.67. The van der Waals surface area contributed by atoms with Crippen molar-refractivity contribution in [3.63, 3.8) is 0 Å². The smallest absolute Gasteiger partial charge is 0.416 e. The molecule has 0 radical (unpaired) electrons. The fourth-order valence-corrected chi connectivity index (χ4v) is 4.65. The zero-order valence-corrected chi connectivity index (χ0v) is 18.3. The van der Waals surface area contributed by atoms with Gasteiger partial charge >= 0.3 is 12.3 Å². The van der Waals surface area contributed by atoms with Crippen LogP contribution in [-0.4, -0.2) is 69.0 Å². The first-order valence-corrected chi connectivity index (χ1v) is 11.1. The van der Waals surface area contributed by atoms with Gasteiger partial charge in [-0.2, -0.15) is 17.5 Å². The molecule has 174 valence electrons. The first kappa shape index (κ1) is 24.9. The number of methoxy groups -OCH3 is 1. The Morgan fingerprint density at radius 1 is 1.10 bits per heavy atom. The van der Waals surface area contributed by atoms with Gasteiger partial charge in [0.15, 0.2) is 0 Å². The standard InChI is InChI=1S/C19H26F3N3O5S/c1-13(2)12-16(23-18(27)30-3)17(26)24-8-10-25(11-9-24)31(28,29)15-6-4-14(5-7-15)19(20,21)22/h4-7,13,16H,8-12H2,1-3H3,(H,23,27). The van der Waals surface area contributed by atoms with Gasteiger partial charge in [-0.25, -0.2) is 13.2 Å². The Hall–Kier alpha value is -2.34. The molecule has 0 saturated carbocycles. The second-order valence-corrected chi connectivity index (χ2v) is 9.51. The van der Waals surface area contributed by atoms with Gasteiger partial charge < -0.3 is 15.0 Å². The number of alkyl halides is 3. The molecule has 0 spiro atoms. The van der Waals surface area contributed by atoms with Gasteiger partial charge in [-0.3, -0.25) is 4.79 Å². The van der Waals surface area contributed by atoms with E-state index in [2.05, 4.69) is 10.1 Å². The van der Waals surface area contributed by atoms with E-state index in [9.17, 15) is 31.2 Å². The van der Waals surface area contributed by atoms with E-state index in [1.54, 1.807) is 0 Å². The summed E-state index contributed by atoms with van der Waals surface area (Å²) in [6, 6.07) is 2.50. The highest BCUT2D eigenvalue weighted by Crippen LogP contribution is 2.30. The number of piperazine rings is 1. The van der Waals surface area contributed by atoms with Crippen LogP contribution < -0.4 is 5.32 Å². The van der Waals surface area contributed by atoms with Crippen molar-refractivity contribution in [2.75, 3.05) is 33.3 Å². The Kier molecular flexibility index (Phi) is 7.93. The van der Waals surface area contributed by atoms with Crippen LogP contribution in [0.4, 0.5) is 18.0 Å².